The molecule has 0 aromatic heterocycles. The molecule has 0 aliphatic carbocycles. The molecule has 2 heterocycles. The lowest BCUT2D eigenvalue weighted by Crippen LogP contribution is -2.44. The van der Waals surface area contributed by atoms with Crippen molar-refractivity contribution in [3.05, 3.63) is 0 Å². The summed E-state index contributed by atoms with van der Waals surface area (Å²) in [4.78, 5) is 28.0. The van der Waals surface area contributed by atoms with Crippen LogP contribution in [-0.4, -0.2) is 60.5 Å². The number of amides is 2. The lowest BCUT2D eigenvalue weighted by atomic mass is 10.2. The van der Waals surface area contributed by atoms with Gasteiger partial charge >= 0.3 is 0 Å². The van der Waals surface area contributed by atoms with Crippen LogP contribution in [-0.2, 0) is 14.3 Å². The molecule has 0 spiro atoms. The van der Waals surface area contributed by atoms with Gasteiger partial charge in [0.05, 0.1) is 0 Å². The third-order valence-corrected chi connectivity index (χ3v) is 3.93. The molecule has 0 aromatic carbocycles. The molecule has 0 aromatic rings. The van der Waals surface area contributed by atoms with Crippen molar-refractivity contribution in [2.75, 3.05) is 32.8 Å². The quantitative estimate of drug-likeness (QED) is 0.689. The fraction of sp³-hybridized carbons (Fsp3) is 0.867. The van der Waals surface area contributed by atoms with Crippen LogP contribution < -0.4 is 0 Å². The van der Waals surface area contributed by atoms with Crippen LogP contribution in [0.15, 0.2) is 0 Å². The summed E-state index contributed by atoms with van der Waals surface area (Å²) < 4.78 is 5.55. The van der Waals surface area contributed by atoms with Crippen LogP contribution in [0.1, 0.15) is 39.5 Å². The maximum Gasteiger partial charge on any atom is 0.245 e. The first-order chi connectivity index (χ1) is 9.59. The van der Waals surface area contributed by atoms with Crippen molar-refractivity contribution in [2.45, 2.75) is 45.6 Å². The Balaban J connectivity index is 1.79. The predicted octanol–water partition coefficient (Wildman–Crippen LogP) is 1.27. The summed E-state index contributed by atoms with van der Waals surface area (Å²) in [6.45, 7) is 7.72. The van der Waals surface area contributed by atoms with Crippen molar-refractivity contribution < 1.29 is 14.3 Å². The van der Waals surface area contributed by atoms with E-state index >= 15 is 0 Å². The summed E-state index contributed by atoms with van der Waals surface area (Å²) in [5.41, 5.74) is 0. The van der Waals surface area contributed by atoms with Crippen molar-refractivity contribution in [2.24, 2.45) is 5.92 Å². The van der Waals surface area contributed by atoms with E-state index in [0.29, 0.717) is 32.0 Å². The summed E-state index contributed by atoms with van der Waals surface area (Å²) in [5.74, 6) is 0.816. The minimum atomic E-state index is -0.193. The molecule has 0 bridgehead atoms. The second-order valence-electron chi connectivity index (χ2n) is 6.14. The Bertz CT molecular complexity index is 357. The minimum Gasteiger partial charge on any atom is -0.381 e. The molecular weight excluding hydrogens is 256 g/mol. The van der Waals surface area contributed by atoms with Crippen LogP contribution in [0, 0.1) is 5.92 Å². The van der Waals surface area contributed by atoms with E-state index in [2.05, 4.69) is 13.8 Å². The molecule has 2 rings (SSSR count). The maximum absolute atomic E-state index is 12.4. The van der Waals surface area contributed by atoms with E-state index in [9.17, 15) is 9.59 Å². The van der Waals surface area contributed by atoms with Gasteiger partial charge in [-0.05, 0) is 25.2 Å². The Labute approximate surface area is 121 Å². The van der Waals surface area contributed by atoms with E-state index in [0.717, 1.165) is 32.4 Å². The molecule has 0 radical (unpaired) electrons. The molecular formula is C15H26N2O3. The van der Waals surface area contributed by atoms with Crippen LogP contribution >= 0.6 is 0 Å². The number of nitrogens with zero attached hydrogens (tertiary/aromatic N) is 2. The molecule has 2 fully saturated rings. The molecule has 5 nitrogen and oxygen atoms in total. The van der Waals surface area contributed by atoms with Crippen molar-refractivity contribution in [3.63, 3.8) is 0 Å². The van der Waals surface area contributed by atoms with Crippen LogP contribution in [0.3, 0.4) is 0 Å². The van der Waals surface area contributed by atoms with E-state index in [-0.39, 0.29) is 17.9 Å². The van der Waals surface area contributed by atoms with Gasteiger partial charge in [0, 0.05) is 39.3 Å². The van der Waals surface area contributed by atoms with Gasteiger partial charge in [-0.2, -0.15) is 0 Å². The highest BCUT2D eigenvalue weighted by atomic mass is 16.5. The highest BCUT2D eigenvalue weighted by Crippen LogP contribution is 2.23. The summed E-state index contributed by atoms with van der Waals surface area (Å²) >= 11 is 0. The Morgan fingerprint density at radius 1 is 1.30 bits per heavy atom. The van der Waals surface area contributed by atoms with Crippen LogP contribution in [0.25, 0.3) is 0 Å². The zero-order valence-electron chi connectivity index (χ0n) is 12.6. The highest BCUT2D eigenvalue weighted by Gasteiger charge is 2.38. The molecule has 0 N–H and O–H groups in total. The van der Waals surface area contributed by atoms with Crippen molar-refractivity contribution in [3.8, 4) is 0 Å². The lowest BCUT2D eigenvalue weighted by molar-refractivity contribution is -0.139. The minimum absolute atomic E-state index is 0.136. The average molecular weight is 282 g/mol. The molecule has 2 saturated heterocycles. The summed E-state index contributed by atoms with van der Waals surface area (Å²) in [5, 5.41) is 0. The first-order valence-electron chi connectivity index (χ1n) is 7.75. The topological polar surface area (TPSA) is 49.9 Å². The molecule has 2 aliphatic heterocycles. The number of hydrogen-bond acceptors (Lipinski definition) is 3. The first kappa shape index (κ1) is 15.3. The van der Waals surface area contributed by atoms with E-state index in [1.165, 1.54) is 0 Å². The molecule has 114 valence electrons. The number of carbonyl (C=O) groups is 2. The van der Waals surface area contributed by atoms with E-state index in [1.807, 2.05) is 4.90 Å². The van der Waals surface area contributed by atoms with Gasteiger partial charge in [-0.3, -0.25) is 9.59 Å². The van der Waals surface area contributed by atoms with Gasteiger partial charge in [-0.25, -0.2) is 0 Å². The third-order valence-electron chi connectivity index (χ3n) is 3.93. The normalized spacial score (nSPS) is 23.4. The smallest absolute Gasteiger partial charge is 0.245 e. The molecule has 2 aliphatic rings. The number of ether oxygens (including phenoxy) is 1. The molecule has 1 atom stereocenters. The van der Waals surface area contributed by atoms with Crippen molar-refractivity contribution >= 4 is 11.8 Å². The summed E-state index contributed by atoms with van der Waals surface area (Å²) in [6.07, 6.45) is 3.09. The van der Waals surface area contributed by atoms with Gasteiger partial charge in [0.15, 0.2) is 0 Å². The van der Waals surface area contributed by atoms with E-state index in [4.69, 9.17) is 4.74 Å². The van der Waals surface area contributed by atoms with Crippen molar-refractivity contribution in [1.29, 1.82) is 0 Å². The molecule has 5 heteroatoms. The maximum atomic E-state index is 12.4. The molecule has 20 heavy (non-hydrogen) atoms. The largest absolute Gasteiger partial charge is 0.381 e. The number of carbonyl (C=O) groups excluding carboxylic acids is 2. The zero-order valence-corrected chi connectivity index (χ0v) is 12.6. The average Bonchev–Trinajstić information content (AvgIpc) is 2.86. The number of rotatable bonds is 6. The van der Waals surface area contributed by atoms with Crippen molar-refractivity contribution in [1.82, 2.24) is 9.80 Å². The van der Waals surface area contributed by atoms with Gasteiger partial charge < -0.3 is 14.5 Å². The standard InChI is InChI=1S/C15H26N2O3/c1-12(2)11-20-10-4-7-16-9-6-14(18)17-8-3-5-13(17)15(16)19/h12-13H,3-11H2,1-2H3. The Hall–Kier alpha value is -1.10. The first-order valence-corrected chi connectivity index (χ1v) is 7.75. The van der Waals surface area contributed by atoms with Gasteiger partial charge in [0.2, 0.25) is 11.8 Å². The SMILES string of the molecule is CC(C)COCCCN1CCC(=O)N2CCCC2C1=O. The fourth-order valence-corrected chi connectivity index (χ4v) is 2.92. The van der Waals surface area contributed by atoms with Crippen LogP contribution in [0.2, 0.25) is 0 Å². The Morgan fingerprint density at radius 2 is 2.10 bits per heavy atom. The number of hydrogen-bond donors (Lipinski definition) is 0. The summed E-state index contributed by atoms with van der Waals surface area (Å²) in [7, 11) is 0. The second kappa shape index (κ2) is 7.07. The van der Waals surface area contributed by atoms with Gasteiger partial charge in [0.25, 0.3) is 0 Å². The van der Waals surface area contributed by atoms with Gasteiger partial charge in [-0.15, -0.1) is 0 Å². The molecule has 0 saturated carbocycles. The monoisotopic (exact) mass is 282 g/mol. The predicted molar refractivity (Wildman–Crippen MR) is 76.2 cm³/mol. The molecule has 2 amide bonds. The highest BCUT2D eigenvalue weighted by molar-refractivity contribution is 5.90. The second-order valence-corrected chi connectivity index (χ2v) is 6.14. The third kappa shape index (κ3) is 3.72. The van der Waals surface area contributed by atoms with Crippen LogP contribution in [0.4, 0.5) is 0 Å². The fourth-order valence-electron chi connectivity index (χ4n) is 2.92. The van der Waals surface area contributed by atoms with E-state index < -0.39 is 0 Å². The molecule has 1 unspecified atom stereocenters. The van der Waals surface area contributed by atoms with Crippen LogP contribution in [0.5, 0.6) is 0 Å². The van der Waals surface area contributed by atoms with Gasteiger partial charge in [-0.1, -0.05) is 13.8 Å². The lowest BCUT2D eigenvalue weighted by Gasteiger charge is -2.25. The Morgan fingerprint density at radius 3 is 2.85 bits per heavy atom. The zero-order chi connectivity index (χ0) is 14.5. The Kier molecular flexibility index (Phi) is 5.40. The van der Waals surface area contributed by atoms with E-state index in [1.54, 1.807) is 4.90 Å². The number of fused-ring (bicyclic) bond motifs is 1. The summed E-state index contributed by atoms with van der Waals surface area (Å²) in [6, 6.07) is -0.193. The van der Waals surface area contributed by atoms with Gasteiger partial charge in [0.1, 0.15) is 6.04 Å².